The zero-order valence-corrected chi connectivity index (χ0v) is 24.3. The van der Waals surface area contributed by atoms with Crippen molar-refractivity contribution in [2.24, 2.45) is 11.8 Å². The molecule has 0 saturated heterocycles. The lowest BCUT2D eigenvalue weighted by Gasteiger charge is -2.41. The highest BCUT2D eigenvalue weighted by atomic mass is 16.6. The summed E-state index contributed by atoms with van der Waals surface area (Å²) >= 11 is 0. The Hall–Kier alpha value is -0.280. The second-order valence-electron chi connectivity index (χ2n) is 10.7. The largest absolute Gasteiger partial charge is 0.382 e. The van der Waals surface area contributed by atoms with Crippen molar-refractivity contribution in [3.63, 3.8) is 0 Å². The van der Waals surface area contributed by atoms with Crippen LogP contribution in [0.2, 0.25) is 0 Å². The summed E-state index contributed by atoms with van der Waals surface area (Å²) in [5, 5.41) is 0. The van der Waals surface area contributed by atoms with Crippen LogP contribution < -0.4 is 0 Å². The molecular formula is C27H56O7. The number of rotatable bonds is 21. The first-order valence-corrected chi connectivity index (χ1v) is 13.0. The topological polar surface area (TPSA) is 64.6 Å². The summed E-state index contributed by atoms with van der Waals surface area (Å²) in [5.41, 5.74) is -0.884. The number of hydrogen-bond acceptors (Lipinski definition) is 7. The molecule has 7 nitrogen and oxygen atoms in total. The summed E-state index contributed by atoms with van der Waals surface area (Å²) in [5.74, 6) is 0.542. The van der Waals surface area contributed by atoms with E-state index in [1.54, 1.807) is 7.11 Å². The molecule has 6 atom stereocenters. The first kappa shape index (κ1) is 33.7. The fraction of sp³-hybridized carbons (Fsp3) is 1.00. The van der Waals surface area contributed by atoms with Gasteiger partial charge in [-0.15, -0.1) is 0 Å². The van der Waals surface area contributed by atoms with Crippen LogP contribution in [0.5, 0.6) is 0 Å². The molecule has 0 N–H and O–H groups in total. The van der Waals surface area contributed by atoms with E-state index in [4.69, 9.17) is 33.2 Å². The molecule has 0 aliphatic carbocycles. The molecule has 0 aliphatic rings. The van der Waals surface area contributed by atoms with Crippen LogP contribution in [-0.4, -0.2) is 89.0 Å². The molecule has 206 valence electrons. The van der Waals surface area contributed by atoms with Gasteiger partial charge in [-0.1, -0.05) is 27.7 Å². The van der Waals surface area contributed by atoms with Crippen molar-refractivity contribution in [2.45, 2.75) is 112 Å². The highest BCUT2D eigenvalue weighted by molar-refractivity contribution is 4.85. The number of methoxy groups -OCH3 is 1. The number of ether oxygens (including phenoxy) is 7. The predicted molar refractivity (Wildman–Crippen MR) is 138 cm³/mol. The van der Waals surface area contributed by atoms with Gasteiger partial charge in [-0.2, -0.15) is 0 Å². The predicted octanol–water partition coefficient (Wildman–Crippen LogP) is 5.14. The van der Waals surface area contributed by atoms with E-state index in [9.17, 15) is 0 Å². The van der Waals surface area contributed by atoms with Crippen LogP contribution in [0, 0.1) is 11.8 Å². The fourth-order valence-corrected chi connectivity index (χ4v) is 2.98. The van der Waals surface area contributed by atoms with Crippen molar-refractivity contribution in [1.82, 2.24) is 0 Å². The van der Waals surface area contributed by atoms with Gasteiger partial charge in [0.25, 0.3) is 0 Å². The van der Waals surface area contributed by atoms with Crippen molar-refractivity contribution < 1.29 is 33.2 Å². The van der Waals surface area contributed by atoms with Crippen molar-refractivity contribution in [3.8, 4) is 0 Å². The van der Waals surface area contributed by atoms with Crippen molar-refractivity contribution in [2.75, 3.05) is 53.4 Å². The fourth-order valence-electron chi connectivity index (χ4n) is 2.98. The van der Waals surface area contributed by atoms with Crippen LogP contribution in [0.4, 0.5) is 0 Å². The first-order valence-electron chi connectivity index (χ1n) is 13.0. The Morgan fingerprint density at radius 1 is 0.529 bits per heavy atom. The van der Waals surface area contributed by atoms with Crippen molar-refractivity contribution in [1.29, 1.82) is 0 Å². The molecule has 0 heterocycles. The molecular weight excluding hydrogens is 436 g/mol. The molecule has 0 radical (unpaired) electrons. The molecule has 0 saturated carbocycles. The van der Waals surface area contributed by atoms with Gasteiger partial charge in [-0.25, -0.2) is 0 Å². The Balaban J connectivity index is 4.81. The number of hydrogen-bond donors (Lipinski definition) is 0. The average molecular weight is 493 g/mol. The van der Waals surface area contributed by atoms with Gasteiger partial charge in [0, 0.05) is 13.7 Å². The lowest BCUT2D eigenvalue weighted by Crippen LogP contribution is -2.49. The molecule has 0 aromatic carbocycles. The third-order valence-electron chi connectivity index (χ3n) is 6.52. The molecule has 34 heavy (non-hydrogen) atoms. The Morgan fingerprint density at radius 3 is 1.44 bits per heavy atom. The Kier molecular flexibility index (Phi) is 17.1. The molecule has 0 aromatic heterocycles. The highest BCUT2D eigenvalue weighted by Gasteiger charge is 2.37. The Bertz CT molecular complexity index is 457. The van der Waals surface area contributed by atoms with Gasteiger partial charge in [0.2, 0.25) is 0 Å². The lowest BCUT2D eigenvalue weighted by molar-refractivity contribution is -0.195. The summed E-state index contributed by atoms with van der Waals surface area (Å²) in [7, 11) is 1.68. The molecule has 0 fully saturated rings. The standard InChI is InChI=1S/C27H56O7/c1-13-29-23(7)15-31-25(9)17-33-27(11,21(4)5)19-34-26(10,20(2)3)18-32-24(8)16-30-22(6)14-28-12/h20-25H,13-19H2,1-12H3/t22-,23-,24-,25?,26-,27-/m1/s1. The van der Waals surface area contributed by atoms with Crippen LogP contribution in [0.3, 0.4) is 0 Å². The van der Waals surface area contributed by atoms with Gasteiger partial charge < -0.3 is 33.2 Å². The molecule has 0 spiro atoms. The SMILES string of the molecule is CCO[C@H](C)COC(C)CO[C@](C)(CO[C@](C)(CO[C@H](C)CO[C@H](C)COC)C(C)C)C(C)C. The molecule has 0 aromatic rings. The van der Waals surface area contributed by atoms with Crippen LogP contribution in [0.15, 0.2) is 0 Å². The van der Waals surface area contributed by atoms with Gasteiger partial charge in [-0.05, 0) is 60.3 Å². The second kappa shape index (κ2) is 17.2. The average Bonchev–Trinajstić information content (AvgIpc) is 2.77. The molecule has 7 heteroatoms. The summed E-state index contributed by atoms with van der Waals surface area (Å²) < 4.78 is 41.4. The minimum Gasteiger partial charge on any atom is -0.382 e. The Morgan fingerprint density at radius 2 is 0.971 bits per heavy atom. The van der Waals surface area contributed by atoms with Gasteiger partial charge >= 0.3 is 0 Å². The van der Waals surface area contributed by atoms with Crippen molar-refractivity contribution >= 4 is 0 Å². The second-order valence-corrected chi connectivity index (χ2v) is 10.7. The summed E-state index contributed by atoms with van der Waals surface area (Å²) in [4.78, 5) is 0. The van der Waals surface area contributed by atoms with Crippen molar-refractivity contribution in [3.05, 3.63) is 0 Å². The maximum atomic E-state index is 6.52. The quantitative estimate of drug-likeness (QED) is 0.220. The molecule has 0 bridgehead atoms. The van der Waals surface area contributed by atoms with Gasteiger partial charge in [-0.3, -0.25) is 0 Å². The smallest absolute Gasteiger partial charge is 0.0911 e. The van der Waals surface area contributed by atoms with E-state index in [1.165, 1.54) is 0 Å². The molecule has 0 amide bonds. The van der Waals surface area contributed by atoms with E-state index < -0.39 is 11.2 Å². The lowest BCUT2D eigenvalue weighted by atomic mass is 9.90. The third-order valence-corrected chi connectivity index (χ3v) is 6.52. The van der Waals surface area contributed by atoms with E-state index >= 15 is 0 Å². The van der Waals surface area contributed by atoms with E-state index in [0.717, 1.165) is 0 Å². The zero-order valence-electron chi connectivity index (χ0n) is 24.3. The normalized spacial score (nSPS) is 19.6. The van der Waals surface area contributed by atoms with Gasteiger partial charge in [0.05, 0.1) is 75.3 Å². The van der Waals surface area contributed by atoms with E-state index in [1.807, 2.05) is 34.6 Å². The minimum atomic E-state index is -0.443. The zero-order chi connectivity index (χ0) is 26.4. The van der Waals surface area contributed by atoms with Crippen LogP contribution in [0.1, 0.15) is 76.2 Å². The maximum Gasteiger partial charge on any atom is 0.0911 e. The van der Waals surface area contributed by atoms with E-state index in [0.29, 0.717) is 46.2 Å². The summed E-state index contributed by atoms with van der Waals surface area (Å²) in [6, 6.07) is 0. The molecule has 0 aliphatic heterocycles. The minimum absolute atomic E-state index is 0.0258. The van der Waals surface area contributed by atoms with Gasteiger partial charge in [0.15, 0.2) is 0 Å². The summed E-state index contributed by atoms with van der Waals surface area (Å²) in [6.07, 6.45) is 0.0596. The molecule has 0 rings (SSSR count). The highest BCUT2D eigenvalue weighted by Crippen LogP contribution is 2.29. The Labute approximate surface area is 210 Å². The van der Waals surface area contributed by atoms with Gasteiger partial charge in [0.1, 0.15) is 0 Å². The maximum absolute atomic E-state index is 6.52. The third kappa shape index (κ3) is 13.7. The van der Waals surface area contributed by atoms with E-state index in [2.05, 4.69) is 41.5 Å². The molecule has 1 unspecified atom stereocenters. The van der Waals surface area contributed by atoms with Crippen LogP contribution in [0.25, 0.3) is 0 Å². The first-order chi connectivity index (χ1) is 15.8. The van der Waals surface area contributed by atoms with Crippen LogP contribution in [-0.2, 0) is 33.2 Å². The summed E-state index contributed by atoms with van der Waals surface area (Å²) in [6.45, 7) is 26.7. The monoisotopic (exact) mass is 492 g/mol. The van der Waals surface area contributed by atoms with Crippen LogP contribution >= 0.6 is 0 Å². The van der Waals surface area contributed by atoms with E-state index in [-0.39, 0.29) is 36.3 Å².